The summed E-state index contributed by atoms with van der Waals surface area (Å²) < 4.78 is 47.7. The van der Waals surface area contributed by atoms with Crippen LogP contribution < -0.4 is 21.8 Å². The van der Waals surface area contributed by atoms with Gasteiger partial charge in [-0.1, -0.05) is 29.6 Å². The summed E-state index contributed by atoms with van der Waals surface area (Å²) in [6, 6.07) is 14.9. The molecule has 355 valence electrons. The van der Waals surface area contributed by atoms with Crippen LogP contribution in [0.15, 0.2) is 115 Å². The third kappa shape index (κ3) is 16.7. The SMILES string of the molecule is CSc1nccc(Cl)n1.Cn1cc(-c2ccn[c-]n2)cn1.Cn1cc(-c2ccnc(Oc3ccc(F)c(N)c3)n2)cn1.Cn1ccc(B2OC(C)(C)C(C)(C)O2)n1.Nc1cc(O)ccc1F.[CH3-].[Y]. The number of nitrogens with two attached hydrogens (primary N) is 2. The summed E-state index contributed by atoms with van der Waals surface area (Å²) >= 11 is 7.04. The topological polar surface area (TPSA) is 231 Å². The fourth-order valence-electron chi connectivity index (χ4n) is 5.24. The molecule has 2 aromatic carbocycles. The minimum absolute atomic E-state index is 0. The smallest absolute Gasteiger partial charge is 0.508 e. The third-order valence-corrected chi connectivity index (χ3v) is 10.1. The van der Waals surface area contributed by atoms with Crippen LogP contribution in [0.2, 0.25) is 5.15 Å². The van der Waals surface area contributed by atoms with Crippen molar-refractivity contribution in [2.75, 3.05) is 17.7 Å². The van der Waals surface area contributed by atoms with Crippen molar-refractivity contribution in [3.05, 3.63) is 141 Å². The zero-order chi connectivity index (χ0) is 48.0. The zero-order valence-corrected chi connectivity index (χ0v) is 43.2. The third-order valence-electron chi connectivity index (χ3n) is 9.34. The maximum atomic E-state index is 13.1. The number of hydrogen-bond donors (Lipinski definition) is 3. The Hall–Kier alpha value is -5.90. The van der Waals surface area contributed by atoms with E-state index in [9.17, 15) is 8.78 Å². The Kier molecular flexibility index (Phi) is 21.6. The summed E-state index contributed by atoms with van der Waals surface area (Å²) in [6.45, 7) is 8.15. The summed E-state index contributed by atoms with van der Waals surface area (Å²) in [5, 5.41) is 22.3. The Morgan fingerprint density at radius 2 is 1.37 bits per heavy atom. The predicted octanol–water partition coefficient (Wildman–Crippen LogP) is 7.20. The molecule has 1 aliphatic heterocycles. The number of benzene rings is 2. The van der Waals surface area contributed by atoms with E-state index in [1.54, 1.807) is 57.2 Å². The number of halogens is 3. The average Bonchev–Trinajstić information content (AvgIpc) is 4.09. The Bertz CT molecular complexity index is 2790. The van der Waals surface area contributed by atoms with Gasteiger partial charge in [-0.15, -0.1) is 6.07 Å². The molecule has 0 bridgehead atoms. The van der Waals surface area contributed by atoms with E-state index in [0.29, 0.717) is 21.8 Å². The number of thioether (sulfide) groups is 1. The minimum Gasteiger partial charge on any atom is -0.508 e. The summed E-state index contributed by atoms with van der Waals surface area (Å²) in [4.78, 5) is 23.8. The number of phenolic OH excluding ortho intramolecular Hbond substituents is 1. The molecule has 0 atom stereocenters. The number of aromatic hydroxyl groups is 1. The van der Waals surface area contributed by atoms with E-state index in [1.165, 1.54) is 36.0 Å². The maximum Gasteiger partial charge on any atom is 0.516 e. The van der Waals surface area contributed by atoms with Crippen molar-refractivity contribution in [2.24, 2.45) is 21.1 Å². The Labute approximate surface area is 428 Å². The Balaban J connectivity index is 0.000000232. The number of nitrogens with zero attached hydrogens (tertiary/aromatic N) is 12. The molecule has 9 rings (SSSR count). The molecule has 1 fully saturated rings. The molecule has 24 heteroatoms. The van der Waals surface area contributed by atoms with Crippen LogP contribution in [0.4, 0.5) is 20.2 Å². The Morgan fingerprint density at radius 1 is 0.779 bits per heavy atom. The van der Waals surface area contributed by atoms with E-state index in [0.717, 1.165) is 34.5 Å². The van der Waals surface area contributed by atoms with Crippen LogP contribution in [0.1, 0.15) is 27.7 Å². The molecule has 18 nitrogen and oxygen atoms in total. The number of rotatable bonds is 6. The van der Waals surface area contributed by atoms with E-state index in [1.807, 2.05) is 85.8 Å². The van der Waals surface area contributed by atoms with E-state index in [4.69, 9.17) is 42.2 Å². The molecule has 68 heavy (non-hydrogen) atoms. The van der Waals surface area contributed by atoms with Crippen LogP contribution in [-0.2, 0) is 63.2 Å². The summed E-state index contributed by atoms with van der Waals surface area (Å²) in [5.74, 6) is -0.647. The molecular formula is C44H50BClF2N14O4SY-2. The number of aromatic nitrogens is 12. The molecule has 0 amide bonds. The van der Waals surface area contributed by atoms with Crippen molar-refractivity contribution in [3.63, 3.8) is 0 Å². The van der Waals surface area contributed by atoms with Gasteiger partial charge in [0.05, 0.1) is 40.1 Å². The van der Waals surface area contributed by atoms with Gasteiger partial charge in [0.25, 0.3) is 0 Å². The molecule has 0 saturated carbocycles. The summed E-state index contributed by atoms with van der Waals surface area (Å²) in [7, 11) is 5.23. The molecule has 1 radical (unpaired) electrons. The van der Waals surface area contributed by atoms with Crippen molar-refractivity contribution in [1.82, 2.24) is 59.2 Å². The first-order chi connectivity index (χ1) is 31.3. The molecule has 6 aromatic heterocycles. The second kappa shape index (κ2) is 26.0. The predicted molar refractivity (Wildman–Crippen MR) is 255 cm³/mol. The number of nitrogen functional groups attached to an aromatic ring is 2. The number of anilines is 2. The molecule has 8 aromatic rings. The van der Waals surface area contributed by atoms with Crippen LogP contribution in [0.25, 0.3) is 22.5 Å². The van der Waals surface area contributed by atoms with Crippen LogP contribution in [-0.4, -0.2) is 88.9 Å². The van der Waals surface area contributed by atoms with E-state index < -0.39 is 11.6 Å². The molecular weight excluding hydrogens is 994 g/mol. The largest absolute Gasteiger partial charge is 0.516 e. The zero-order valence-electron chi connectivity index (χ0n) is 38.8. The van der Waals surface area contributed by atoms with Crippen molar-refractivity contribution in [3.8, 4) is 40.0 Å². The fourth-order valence-corrected chi connectivity index (χ4v) is 5.78. The van der Waals surface area contributed by atoms with Gasteiger partial charge in [0.1, 0.15) is 28.3 Å². The second-order valence-electron chi connectivity index (χ2n) is 14.9. The molecule has 5 N–H and O–H groups in total. The van der Waals surface area contributed by atoms with Gasteiger partial charge < -0.3 is 48.0 Å². The van der Waals surface area contributed by atoms with Crippen LogP contribution in [0, 0.1) is 25.4 Å². The average molecular weight is 1040 g/mol. The van der Waals surface area contributed by atoms with Crippen LogP contribution >= 0.6 is 23.4 Å². The van der Waals surface area contributed by atoms with Crippen LogP contribution in [0.3, 0.4) is 0 Å². The normalized spacial score (nSPS) is 12.7. The van der Waals surface area contributed by atoms with Crippen molar-refractivity contribution >= 4 is 47.4 Å². The van der Waals surface area contributed by atoms with Gasteiger partial charge in [-0.3, -0.25) is 14.0 Å². The second-order valence-corrected chi connectivity index (χ2v) is 16.1. The van der Waals surface area contributed by atoms with Crippen molar-refractivity contribution in [1.29, 1.82) is 0 Å². The summed E-state index contributed by atoms with van der Waals surface area (Å²) in [5.41, 5.74) is 14.2. The molecule has 1 saturated heterocycles. The standard InChI is InChI=1S/C14H12FN5O.C10H17BN2O2.C8H7N4.C6H6FNO.C5H5ClN2S.CH3.Y/c1-20-8-9(7-18-20)13-4-5-17-14(19-13)21-10-2-3-11(15)12(16)6-10;1-9(2)10(3,4)15-11(14-9)8-6-7-13(5)12-8;1-12-5-7(4-11-12)8-2-3-9-6-10-8;7-5-2-1-4(9)3-6(5)8;1-9-5-7-3-2-4(6)8-5;;/h2-8H,16H2,1H3;6-7H,1-5H3;2-5H,1H3;1-3,9H,8H2;2-3H,1H3;1H3;/q;;-1;;;-1;. The van der Waals surface area contributed by atoms with Crippen LogP contribution in [0.5, 0.6) is 17.5 Å². The first-order valence-corrected chi connectivity index (χ1v) is 21.3. The molecule has 1 aliphatic rings. The minimum atomic E-state index is -0.507. The monoisotopic (exact) mass is 1040 g/mol. The quantitative estimate of drug-likeness (QED) is 0.0373. The number of phenols is 1. The Morgan fingerprint density at radius 3 is 1.85 bits per heavy atom. The van der Waals surface area contributed by atoms with Gasteiger partial charge in [-0.2, -0.15) is 20.3 Å². The molecule has 7 heterocycles. The van der Waals surface area contributed by atoms with Crippen molar-refractivity contribution < 1.29 is 60.6 Å². The van der Waals surface area contributed by atoms with E-state index in [-0.39, 0.29) is 81.6 Å². The molecule has 0 unspecified atom stereocenters. The molecule has 0 spiro atoms. The van der Waals surface area contributed by atoms with Gasteiger partial charge in [0.2, 0.25) is 0 Å². The number of hydrogen-bond acceptors (Lipinski definition) is 16. The van der Waals surface area contributed by atoms with Gasteiger partial charge in [-0.25, -0.2) is 23.7 Å². The maximum absolute atomic E-state index is 13.1. The fraction of sp³-hybridized carbons (Fsp3) is 0.227. The summed E-state index contributed by atoms with van der Waals surface area (Å²) in [6.07, 6.45) is 18.4. The number of aryl methyl sites for hydroxylation is 3. The first kappa shape index (κ1) is 56.4. The van der Waals surface area contributed by atoms with Gasteiger partial charge in [0, 0.05) is 115 Å². The van der Waals surface area contributed by atoms with Crippen molar-refractivity contribution in [2.45, 2.75) is 44.1 Å². The van der Waals surface area contributed by atoms with Gasteiger partial charge in [-0.05, 0) is 87.7 Å². The van der Waals surface area contributed by atoms with Gasteiger partial charge >= 0.3 is 13.1 Å². The molecule has 0 aliphatic carbocycles. The number of ether oxygens (including phenoxy) is 1. The van der Waals surface area contributed by atoms with E-state index in [2.05, 4.69) is 51.5 Å². The van der Waals surface area contributed by atoms with E-state index >= 15 is 0 Å². The first-order valence-electron chi connectivity index (χ1n) is 19.7. The van der Waals surface area contributed by atoms with Gasteiger partial charge in [0.15, 0.2) is 5.16 Å².